The molecule has 0 bridgehead atoms. The number of fused-ring (bicyclic) bond motifs is 4. The second-order valence-corrected chi connectivity index (χ2v) is 32.2. The Morgan fingerprint density at radius 2 is 1.05 bits per heavy atom. The molecular formula is C70H93FN14O9S3. The zero-order chi connectivity index (χ0) is 69.8. The molecule has 0 saturated carbocycles. The molecule has 6 N–H and O–H groups in total. The number of carbonyl (C=O) groups is 3. The molecule has 27 heteroatoms. The number of aryl methyl sites for hydroxylation is 5. The van der Waals surface area contributed by atoms with E-state index < -0.39 is 54.0 Å². The molecule has 522 valence electrons. The number of benzene rings is 3. The summed E-state index contributed by atoms with van der Waals surface area (Å²) < 4.78 is 104. The van der Waals surface area contributed by atoms with Crippen molar-refractivity contribution >= 4 is 65.2 Å². The Hall–Kier alpha value is -7.95. The Kier molecular flexibility index (Phi) is 22.2. The largest absolute Gasteiger partial charge is 0.349 e. The molecule has 5 aliphatic rings. The van der Waals surface area contributed by atoms with Crippen molar-refractivity contribution in [3.63, 3.8) is 0 Å². The lowest BCUT2D eigenvalue weighted by molar-refractivity contribution is 0.167. The summed E-state index contributed by atoms with van der Waals surface area (Å²) >= 11 is 0. The van der Waals surface area contributed by atoms with Crippen molar-refractivity contribution in [3.05, 3.63) is 152 Å². The number of rotatable bonds is 20. The number of carbonyl (C=O) groups excluding carboxylic acids is 3. The molecule has 0 spiro atoms. The summed E-state index contributed by atoms with van der Waals surface area (Å²) in [5.74, 6) is -0.623. The number of urea groups is 3. The molecule has 23 nitrogen and oxygen atoms in total. The lowest BCUT2D eigenvalue weighted by atomic mass is 9.94. The van der Waals surface area contributed by atoms with E-state index in [0.29, 0.717) is 47.7 Å². The average Bonchev–Trinajstić information content (AvgIpc) is 1.69. The number of nitrogens with one attached hydrogen (secondary N) is 6. The normalized spacial score (nSPS) is 14.9. The van der Waals surface area contributed by atoms with Crippen LogP contribution in [0.15, 0.2) is 94.2 Å². The predicted octanol–water partition coefficient (Wildman–Crippen LogP) is 11.2. The highest BCUT2D eigenvalue weighted by Crippen LogP contribution is 2.41. The zero-order valence-electron chi connectivity index (χ0n) is 57.5. The van der Waals surface area contributed by atoms with E-state index >= 15 is 0 Å². The van der Waals surface area contributed by atoms with Gasteiger partial charge in [0.1, 0.15) is 15.6 Å². The highest BCUT2D eigenvalue weighted by atomic mass is 32.2. The molecule has 4 aliphatic carbocycles. The van der Waals surface area contributed by atoms with Crippen molar-refractivity contribution in [2.75, 3.05) is 57.2 Å². The first kappa shape index (κ1) is 71.8. The fourth-order valence-corrected chi connectivity index (χ4v) is 16.5. The quantitative estimate of drug-likeness (QED) is 0.0414. The van der Waals surface area contributed by atoms with Gasteiger partial charge in [0.15, 0.2) is 5.03 Å². The van der Waals surface area contributed by atoms with E-state index in [4.69, 9.17) is 0 Å². The molecular weight excluding hydrogens is 1300 g/mol. The monoisotopic (exact) mass is 1390 g/mol. The maximum absolute atomic E-state index is 14.4. The fraction of sp³-hybridized carbons (Fsp3) is 0.471. The Morgan fingerprint density at radius 1 is 0.567 bits per heavy atom. The van der Waals surface area contributed by atoms with Crippen LogP contribution in [0.2, 0.25) is 0 Å². The Labute approximate surface area is 570 Å². The van der Waals surface area contributed by atoms with Gasteiger partial charge in [-0.1, -0.05) is 32.0 Å². The third kappa shape index (κ3) is 16.8. The van der Waals surface area contributed by atoms with Gasteiger partial charge in [-0.3, -0.25) is 14.6 Å². The van der Waals surface area contributed by atoms with Crippen molar-refractivity contribution in [2.45, 2.75) is 191 Å². The van der Waals surface area contributed by atoms with Crippen molar-refractivity contribution in [2.24, 2.45) is 0 Å². The molecule has 4 aromatic heterocycles. The minimum Gasteiger partial charge on any atom is -0.349 e. The number of pyridine rings is 1. The second-order valence-electron chi connectivity index (χ2n) is 27.2. The summed E-state index contributed by atoms with van der Waals surface area (Å²) in [6, 6.07) is 13.1. The summed E-state index contributed by atoms with van der Waals surface area (Å²) in [5.41, 5.74) is 15.9. The number of hydrogen-bond donors (Lipinski definition) is 6. The van der Waals surface area contributed by atoms with Crippen LogP contribution in [-0.2, 0) is 108 Å². The predicted molar refractivity (Wildman–Crippen MR) is 375 cm³/mol. The molecule has 0 unspecified atom stereocenters. The number of aromatic nitrogens is 5. The second kappa shape index (κ2) is 30.0. The van der Waals surface area contributed by atoms with Gasteiger partial charge in [0.25, 0.3) is 30.1 Å². The van der Waals surface area contributed by atoms with Gasteiger partial charge in [0.2, 0.25) is 0 Å². The molecule has 3 aromatic carbocycles. The summed E-state index contributed by atoms with van der Waals surface area (Å²) in [6.45, 7) is 18.1. The van der Waals surface area contributed by atoms with E-state index in [1.165, 1.54) is 69.1 Å². The maximum atomic E-state index is 14.4. The summed E-state index contributed by atoms with van der Waals surface area (Å²) in [5, 5.41) is 12.4. The molecule has 5 heterocycles. The minimum absolute atomic E-state index is 0.0717. The third-order valence-electron chi connectivity index (χ3n) is 18.3. The highest BCUT2D eigenvalue weighted by molar-refractivity contribution is 7.90. The van der Waals surface area contributed by atoms with Gasteiger partial charge in [-0.2, -0.15) is 13.5 Å². The lowest BCUT2D eigenvalue weighted by Gasteiger charge is -2.31. The minimum atomic E-state index is -4.27. The van der Waals surface area contributed by atoms with Crippen LogP contribution in [0.5, 0.6) is 0 Å². The molecule has 7 aromatic rings. The van der Waals surface area contributed by atoms with Gasteiger partial charge in [-0.15, -0.1) is 0 Å². The van der Waals surface area contributed by atoms with Crippen LogP contribution in [0.25, 0.3) is 11.1 Å². The first-order chi connectivity index (χ1) is 46.0. The number of likely N-dealkylation sites (tertiary alicyclic amines) is 1. The molecule has 1 fully saturated rings. The first-order valence-electron chi connectivity index (χ1n) is 33.6. The standard InChI is InChI=1S/C24H31FN6O3S.C24H32N4O3S.C22H30N4O3S/c1-15(2)20-10-18(25)11-21(17-8-7-9-26-13-17)23(20)27-24(32)29-35(33,34)22-12-19(14-30(5)6)31(28-22)16(3)4;1-16(2)28-15-20(13-19(28)14-27-10-5-11-27)32(30,31)26-24(29)25-23-21-8-3-6-17(21)12-18-7-4-9-22(18)23;1-4-26-14-18(12-17(26)13-25(2)3)30(28,29)24-22(27)23-21-19-9-5-7-15(19)11-16-8-6-10-20(16)21/h7-13,15-16H,14H2,1-6H3,(H2,27,29,32);12-13,15-16H,3-11,14H2,1-2H3,(H2,25,26,29);11-12,14H,4-10,13H2,1-3H3,(H2,23,24,27). The van der Waals surface area contributed by atoms with E-state index in [1.54, 1.807) is 53.7 Å². The van der Waals surface area contributed by atoms with E-state index in [2.05, 4.69) is 52.5 Å². The number of nitrogens with zero attached hydrogens (tertiary/aromatic N) is 8. The summed E-state index contributed by atoms with van der Waals surface area (Å²) in [6.07, 6.45) is 19.7. The Bertz CT molecular complexity index is 4380. The molecule has 0 radical (unpaired) electrons. The fourth-order valence-electron chi connectivity index (χ4n) is 13.7. The van der Waals surface area contributed by atoms with Gasteiger partial charge in [0.05, 0.1) is 11.4 Å². The number of anilines is 3. The zero-order valence-corrected chi connectivity index (χ0v) is 60.0. The number of amides is 6. The molecule has 97 heavy (non-hydrogen) atoms. The molecule has 12 rings (SSSR count). The van der Waals surface area contributed by atoms with Gasteiger partial charge in [0, 0.05) is 103 Å². The van der Waals surface area contributed by atoms with Crippen LogP contribution in [0.4, 0.5) is 35.8 Å². The van der Waals surface area contributed by atoms with Crippen molar-refractivity contribution < 1.29 is 44.0 Å². The highest BCUT2D eigenvalue weighted by Gasteiger charge is 2.32. The smallest absolute Gasteiger partial charge is 0.333 e. The van der Waals surface area contributed by atoms with E-state index in [1.807, 2.05) is 100 Å². The SMILES string of the molecule is CC(C)c1cc(F)cc(-c2cccnc2)c1NC(=O)NS(=O)(=O)c1cc(CN(C)C)n(C(C)C)n1.CC(C)n1cc(S(=O)(=O)NC(=O)Nc2c3c(cc4c2CCC4)CCC3)cc1CN1CCC1.CCn1cc(S(=O)(=O)NC(=O)Nc2c3c(cc4c2CCC4)CCC3)cc1CN(C)C. The van der Waals surface area contributed by atoms with Gasteiger partial charge < -0.3 is 34.9 Å². The van der Waals surface area contributed by atoms with Crippen LogP contribution in [0.3, 0.4) is 0 Å². The van der Waals surface area contributed by atoms with E-state index in [-0.39, 0.29) is 32.8 Å². The topological polar surface area (TPSA) is 276 Å². The van der Waals surface area contributed by atoms with E-state index in [9.17, 15) is 44.0 Å². The van der Waals surface area contributed by atoms with Crippen LogP contribution in [0, 0.1) is 5.82 Å². The van der Waals surface area contributed by atoms with Gasteiger partial charge in [-0.05, 0) is 246 Å². The lowest BCUT2D eigenvalue weighted by Crippen LogP contribution is -2.37. The molecule has 6 amide bonds. The number of hydrogen-bond acceptors (Lipinski definition) is 14. The van der Waals surface area contributed by atoms with Crippen molar-refractivity contribution in [3.8, 4) is 11.1 Å². The van der Waals surface area contributed by atoms with Crippen molar-refractivity contribution in [1.29, 1.82) is 0 Å². The Balaban J connectivity index is 0.000000158. The average molecular weight is 1390 g/mol. The number of halogens is 1. The van der Waals surface area contributed by atoms with Crippen LogP contribution >= 0.6 is 0 Å². The maximum Gasteiger partial charge on any atom is 0.333 e. The van der Waals surface area contributed by atoms with Gasteiger partial charge >= 0.3 is 18.1 Å². The summed E-state index contributed by atoms with van der Waals surface area (Å²) in [4.78, 5) is 49.0. The first-order valence-corrected chi connectivity index (χ1v) is 38.0. The summed E-state index contributed by atoms with van der Waals surface area (Å²) in [7, 11) is -4.59. The van der Waals surface area contributed by atoms with E-state index in [0.717, 1.165) is 119 Å². The van der Waals surface area contributed by atoms with Crippen LogP contribution < -0.4 is 30.1 Å². The third-order valence-corrected chi connectivity index (χ3v) is 22.1. The van der Waals surface area contributed by atoms with Crippen molar-refractivity contribution in [1.82, 2.24) is 52.8 Å². The molecule has 1 saturated heterocycles. The molecule has 1 aliphatic heterocycles. The molecule has 0 atom stereocenters. The Morgan fingerprint density at radius 3 is 1.49 bits per heavy atom. The van der Waals surface area contributed by atoms with Gasteiger partial charge in [-0.25, -0.2) is 49.8 Å². The van der Waals surface area contributed by atoms with Crippen LogP contribution in [0.1, 0.15) is 166 Å². The number of sulfonamides is 3. The van der Waals surface area contributed by atoms with Crippen LogP contribution in [-0.4, -0.2) is 123 Å².